The monoisotopic (exact) mass is 302 g/mol. The summed E-state index contributed by atoms with van der Waals surface area (Å²) in [7, 11) is 0.709. The number of aryl methyl sites for hydroxylation is 2. The van der Waals surface area contributed by atoms with Crippen LogP contribution in [0.1, 0.15) is 27.8 Å². The van der Waals surface area contributed by atoms with Crippen molar-refractivity contribution in [2.24, 2.45) is 0 Å². The van der Waals surface area contributed by atoms with Crippen LogP contribution in [-0.2, 0) is 0 Å². The van der Waals surface area contributed by atoms with Gasteiger partial charge in [0.15, 0.2) is 0 Å². The molecule has 2 aromatic carbocycles. The number of hydrogen-bond acceptors (Lipinski definition) is 0. The van der Waals surface area contributed by atoms with E-state index >= 15 is 0 Å². The Morgan fingerprint density at radius 3 is 1.59 bits per heavy atom. The van der Waals surface area contributed by atoms with Gasteiger partial charge in [-0.25, -0.2) is 0 Å². The molecule has 2 rings (SSSR count). The van der Waals surface area contributed by atoms with Crippen LogP contribution < -0.4 is 0 Å². The zero-order valence-corrected chi connectivity index (χ0v) is 12.7. The van der Waals surface area contributed by atoms with Crippen LogP contribution in [0.2, 0.25) is 0 Å². The summed E-state index contributed by atoms with van der Waals surface area (Å²) in [6, 6.07) is 17.3. The minimum absolute atomic E-state index is 0.470. The Hall–Kier alpha value is -0.863. The fraction of sp³-hybridized carbons (Fsp3) is 0.200. The van der Waals surface area contributed by atoms with Crippen LogP contribution in [0.5, 0.6) is 0 Å². The molecule has 0 amide bonds. The third-order valence-electron chi connectivity index (χ3n) is 3.11. The second-order valence-electron chi connectivity index (χ2n) is 4.26. The third-order valence-corrected chi connectivity index (χ3v) is 5.32. The minimum Gasteiger partial charge on any atom is -0.130 e. The average Bonchev–Trinajstić information content (AvgIpc) is 2.34. The first-order chi connectivity index (χ1) is 8.24. The minimum atomic E-state index is 0.470. The van der Waals surface area contributed by atoms with Crippen LogP contribution in [0, 0.1) is 13.8 Å². The number of halogens is 1. The number of hydrogen-bond donors (Lipinski definition) is 0. The second-order valence-corrected chi connectivity index (χ2v) is 6.42. The Morgan fingerprint density at radius 1 is 0.824 bits per heavy atom. The fourth-order valence-corrected chi connectivity index (χ4v) is 4.47. The van der Waals surface area contributed by atoms with E-state index in [-0.39, 0.29) is 0 Å². The van der Waals surface area contributed by atoms with E-state index in [4.69, 9.17) is 0 Å². The summed E-state index contributed by atoms with van der Waals surface area (Å²) >= 11 is 3.69. The summed E-state index contributed by atoms with van der Waals surface area (Å²) in [6.07, 6.45) is 0. The van der Waals surface area contributed by atoms with Crippen LogP contribution >= 0.6 is 15.3 Å². The van der Waals surface area contributed by atoms with Gasteiger partial charge in [-0.05, 0) is 36.1 Å². The molecular weight excluding hydrogens is 288 g/mol. The van der Waals surface area contributed by atoms with E-state index in [0.717, 1.165) is 0 Å². The normalized spacial score (nSPS) is 10.8. The summed E-state index contributed by atoms with van der Waals surface area (Å²) in [4.78, 5) is 0. The highest BCUT2D eigenvalue weighted by Gasteiger charge is 2.16. The van der Waals surface area contributed by atoms with Crippen LogP contribution in [0.25, 0.3) is 0 Å². The van der Waals surface area contributed by atoms with Gasteiger partial charge in [0.25, 0.3) is 0 Å². The van der Waals surface area contributed by atoms with Gasteiger partial charge >= 0.3 is 0 Å². The molecule has 2 heteroatoms. The SMILES string of the molecule is Cc1ccccc1C([Si]Br)c1ccccc1C. The van der Waals surface area contributed by atoms with E-state index in [1.807, 2.05) is 0 Å². The zero-order valence-electron chi connectivity index (χ0n) is 10.1. The van der Waals surface area contributed by atoms with Crippen LogP contribution in [0.4, 0.5) is 0 Å². The molecule has 0 aromatic heterocycles. The number of rotatable bonds is 3. The highest BCUT2D eigenvalue weighted by Crippen LogP contribution is 2.29. The lowest BCUT2D eigenvalue weighted by atomic mass is 9.97. The van der Waals surface area contributed by atoms with Gasteiger partial charge in [0, 0.05) is 5.54 Å². The summed E-state index contributed by atoms with van der Waals surface area (Å²) in [5.41, 5.74) is 6.06. The third kappa shape index (κ3) is 2.69. The molecule has 0 atom stereocenters. The quantitative estimate of drug-likeness (QED) is 0.582. The van der Waals surface area contributed by atoms with Crippen molar-refractivity contribution in [2.75, 3.05) is 0 Å². The van der Waals surface area contributed by atoms with Gasteiger partial charge in [-0.1, -0.05) is 48.5 Å². The predicted molar refractivity (Wildman–Crippen MR) is 78.9 cm³/mol. The predicted octanol–water partition coefficient (Wildman–Crippen LogP) is 4.41. The molecule has 0 unspecified atom stereocenters. The highest BCUT2D eigenvalue weighted by molar-refractivity contribution is 9.23. The molecule has 0 fully saturated rings. The van der Waals surface area contributed by atoms with Crippen molar-refractivity contribution < 1.29 is 0 Å². The van der Waals surface area contributed by atoms with Gasteiger partial charge in [0.2, 0.25) is 0 Å². The van der Waals surface area contributed by atoms with Gasteiger partial charge in [0.05, 0.1) is 0 Å². The molecule has 86 valence electrons. The Bertz CT molecular complexity index is 462. The summed E-state index contributed by atoms with van der Waals surface area (Å²) in [5, 5.41) is 0. The maximum absolute atomic E-state index is 3.69. The molecular formula is C15H15BrSi. The molecule has 0 heterocycles. The Balaban J connectivity index is 2.48. The molecule has 0 N–H and O–H groups in total. The van der Waals surface area contributed by atoms with Crippen LogP contribution in [-0.4, -0.2) is 8.14 Å². The molecule has 2 radical (unpaired) electrons. The smallest absolute Gasteiger partial charge is 0.130 e. The van der Waals surface area contributed by atoms with Crippen molar-refractivity contribution in [3.05, 3.63) is 70.8 Å². The van der Waals surface area contributed by atoms with E-state index in [0.29, 0.717) is 13.7 Å². The fourth-order valence-electron chi connectivity index (χ4n) is 2.11. The van der Waals surface area contributed by atoms with Crippen LogP contribution in [0.15, 0.2) is 48.5 Å². The molecule has 0 aliphatic carbocycles. The van der Waals surface area contributed by atoms with E-state index in [1.165, 1.54) is 22.3 Å². The van der Waals surface area contributed by atoms with Gasteiger partial charge in [-0.2, -0.15) is 0 Å². The van der Waals surface area contributed by atoms with E-state index in [2.05, 4.69) is 77.7 Å². The first-order valence-electron chi connectivity index (χ1n) is 5.71. The lowest BCUT2D eigenvalue weighted by molar-refractivity contribution is 1.08. The van der Waals surface area contributed by atoms with E-state index in [1.54, 1.807) is 0 Å². The molecule has 17 heavy (non-hydrogen) atoms. The van der Waals surface area contributed by atoms with E-state index < -0.39 is 0 Å². The van der Waals surface area contributed by atoms with Gasteiger partial charge in [-0.15, -0.1) is 15.3 Å². The number of benzene rings is 2. The molecule has 2 aromatic rings. The molecule has 0 nitrogen and oxygen atoms in total. The molecule has 0 saturated carbocycles. The Morgan fingerprint density at radius 2 is 1.24 bits per heavy atom. The Kier molecular flexibility index (Phi) is 4.19. The van der Waals surface area contributed by atoms with Crippen LogP contribution in [0.3, 0.4) is 0 Å². The van der Waals surface area contributed by atoms with E-state index in [9.17, 15) is 0 Å². The molecule has 0 bridgehead atoms. The van der Waals surface area contributed by atoms with Crippen molar-refractivity contribution >= 4 is 23.4 Å². The van der Waals surface area contributed by atoms with Crippen molar-refractivity contribution in [1.29, 1.82) is 0 Å². The molecule has 0 aliphatic heterocycles. The lowest BCUT2D eigenvalue weighted by Gasteiger charge is -2.18. The second kappa shape index (κ2) is 5.65. The molecule has 0 aliphatic rings. The topological polar surface area (TPSA) is 0 Å². The highest BCUT2D eigenvalue weighted by atomic mass is 79.9. The first kappa shape index (κ1) is 12.6. The average molecular weight is 303 g/mol. The molecule has 0 saturated heterocycles. The first-order valence-corrected chi connectivity index (χ1v) is 9.04. The van der Waals surface area contributed by atoms with Crippen molar-refractivity contribution in [3.63, 3.8) is 0 Å². The van der Waals surface area contributed by atoms with Gasteiger partial charge < -0.3 is 0 Å². The maximum atomic E-state index is 3.69. The molecule has 0 spiro atoms. The summed E-state index contributed by atoms with van der Waals surface area (Å²) in [6.45, 7) is 4.38. The summed E-state index contributed by atoms with van der Waals surface area (Å²) < 4.78 is 0. The van der Waals surface area contributed by atoms with Gasteiger partial charge in [-0.3, -0.25) is 0 Å². The van der Waals surface area contributed by atoms with Crippen molar-refractivity contribution in [1.82, 2.24) is 0 Å². The van der Waals surface area contributed by atoms with Gasteiger partial charge in [0.1, 0.15) is 8.14 Å². The van der Waals surface area contributed by atoms with Crippen molar-refractivity contribution in [2.45, 2.75) is 19.4 Å². The summed E-state index contributed by atoms with van der Waals surface area (Å²) in [5.74, 6) is 0. The largest absolute Gasteiger partial charge is 0.150 e. The zero-order chi connectivity index (χ0) is 12.3. The standard InChI is InChI=1S/C15H15BrSi/c1-11-7-3-5-9-13(11)15(17-16)14-10-6-4-8-12(14)2/h3-10,15H,1-2H3. The lowest BCUT2D eigenvalue weighted by Crippen LogP contribution is -2.08. The van der Waals surface area contributed by atoms with Crippen molar-refractivity contribution in [3.8, 4) is 0 Å². The maximum Gasteiger partial charge on any atom is 0.150 e. The Labute approximate surface area is 113 Å².